The zero-order valence-electron chi connectivity index (χ0n) is 12.5. The molecule has 1 aliphatic carbocycles. The van der Waals surface area contributed by atoms with Crippen LogP contribution in [0.4, 0.5) is 0 Å². The highest BCUT2D eigenvalue weighted by Gasteiger charge is 2.33. The molecule has 1 aromatic heterocycles. The second kappa shape index (κ2) is 6.18. The van der Waals surface area contributed by atoms with Crippen molar-refractivity contribution in [1.29, 1.82) is 0 Å². The largest absolute Gasteiger partial charge is 0.353 e. The lowest BCUT2D eigenvalue weighted by atomic mass is 10.1. The number of thiophene rings is 1. The molecule has 0 radical (unpaired) electrons. The van der Waals surface area contributed by atoms with Crippen molar-refractivity contribution in [2.45, 2.75) is 51.5 Å². The van der Waals surface area contributed by atoms with Crippen LogP contribution in [0.3, 0.4) is 0 Å². The topological polar surface area (TPSA) is 49.4 Å². The minimum absolute atomic E-state index is 0.0183. The van der Waals surface area contributed by atoms with Gasteiger partial charge < -0.3 is 10.2 Å². The summed E-state index contributed by atoms with van der Waals surface area (Å²) in [5.74, 6) is 0.0185. The number of rotatable bonds is 2. The number of hydrogen-bond acceptors (Lipinski definition) is 3. The second-order valence-electron chi connectivity index (χ2n) is 5.83. The predicted molar refractivity (Wildman–Crippen MR) is 83.7 cm³/mol. The molecular formula is C16H22N2O2S. The van der Waals surface area contributed by atoms with E-state index in [4.69, 9.17) is 0 Å². The first-order valence-electron chi connectivity index (χ1n) is 7.91. The summed E-state index contributed by atoms with van der Waals surface area (Å²) in [5, 5.41) is 2.85. The Labute approximate surface area is 129 Å². The van der Waals surface area contributed by atoms with Crippen LogP contribution >= 0.6 is 11.3 Å². The van der Waals surface area contributed by atoms with Crippen LogP contribution < -0.4 is 5.32 Å². The van der Waals surface area contributed by atoms with Crippen LogP contribution in [0.15, 0.2) is 6.07 Å². The molecule has 1 saturated heterocycles. The molecule has 2 amide bonds. The van der Waals surface area contributed by atoms with Gasteiger partial charge in [-0.15, -0.1) is 11.3 Å². The lowest BCUT2D eigenvalue weighted by Crippen LogP contribution is -2.56. The number of aryl methyl sites for hydroxylation is 2. The molecule has 114 valence electrons. The summed E-state index contributed by atoms with van der Waals surface area (Å²) in [5.41, 5.74) is 1.36. The van der Waals surface area contributed by atoms with Crippen molar-refractivity contribution in [2.75, 3.05) is 13.1 Å². The number of nitrogens with one attached hydrogen (secondary N) is 1. The van der Waals surface area contributed by atoms with E-state index in [1.807, 2.05) is 6.92 Å². The van der Waals surface area contributed by atoms with Gasteiger partial charge in [-0.05, 0) is 43.7 Å². The molecule has 1 aliphatic heterocycles. The zero-order chi connectivity index (χ0) is 14.8. The van der Waals surface area contributed by atoms with Gasteiger partial charge in [0.05, 0.1) is 4.88 Å². The monoisotopic (exact) mass is 306 g/mol. The van der Waals surface area contributed by atoms with Crippen LogP contribution in [-0.2, 0) is 17.6 Å². The maximum absolute atomic E-state index is 12.8. The lowest BCUT2D eigenvalue weighted by molar-refractivity contribution is -0.127. The Bertz CT molecular complexity index is 529. The Hall–Kier alpha value is -1.36. The Morgan fingerprint density at radius 2 is 2.19 bits per heavy atom. The van der Waals surface area contributed by atoms with Gasteiger partial charge in [-0.1, -0.05) is 13.3 Å². The molecule has 1 unspecified atom stereocenters. The first-order valence-corrected chi connectivity index (χ1v) is 8.72. The number of piperazine rings is 1. The SMILES string of the molecule is CCC1C(=O)NCCN1C(=O)c1cc2c(s1)CCCCC2. The van der Waals surface area contributed by atoms with E-state index in [1.165, 1.54) is 29.7 Å². The molecule has 1 N–H and O–H groups in total. The minimum atomic E-state index is -0.312. The van der Waals surface area contributed by atoms with Crippen molar-refractivity contribution < 1.29 is 9.59 Å². The normalized spacial score (nSPS) is 22.4. The first kappa shape index (κ1) is 14.6. The summed E-state index contributed by atoms with van der Waals surface area (Å²) >= 11 is 1.64. The molecule has 0 aromatic carbocycles. The van der Waals surface area contributed by atoms with Gasteiger partial charge in [-0.2, -0.15) is 0 Å². The Morgan fingerprint density at radius 1 is 1.38 bits per heavy atom. The van der Waals surface area contributed by atoms with E-state index < -0.39 is 0 Å². The van der Waals surface area contributed by atoms with Crippen molar-refractivity contribution in [3.63, 3.8) is 0 Å². The third-order valence-electron chi connectivity index (χ3n) is 4.44. The minimum Gasteiger partial charge on any atom is -0.353 e. The number of carbonyl (C=O) groups is 2. The van der Waals surface area contributed by atoms with Crippen LogP contribution in [-0.4, -0.2) is 35.8 Å². The van der Waals surface area contributed by atoms with Crippen molar-refractivity contribution >= 4 is 23.2 Å². The standard InChI is InChI=1S/C16H22N2O2S/c1-2-12-15(19)17-8-9-18(12)16(20)14-10-11-6-4-3-5-7-13(11)21-14/h10,12H,2-9H2,1H3,(H,17,19). The quantitative estimate of drug-likeness (QED) is 0.853. The third-order valence-corrected chi connectivity index (χ3v) is 5.66. The molecule has 0 spiro atoms. The molecule has 2 aliphatic rings. The molecule has 2 heterocycles. The summed E-state index contributed by atoms with van der Waals surface area (Å²) in [6, 6.07) is 1.76. The summed E-state index contributed by atoms with van der Waals surface area (Å²) in [7, 11) is 0. The highest BCUT2D eigenvalue weighted by atomic mass is 32.1. The Morgan fingerprint density at radius 3 is 3.00 bits per heavy atom. The van der Waals surface area contributed by atoms with Gasteiger partial charge in [-0.25, -0.2) is 0 Å². The van der Waals surface area contributed by atoms with E-state index in [9.17, 15) is 9.59 Å². The fourth-order valence-corrected chi connectivity index (χ4v) is 4.49. The molecule has 1 aromatic rings. The number of carbonyl (C=O) groups excluding carboxylic acids is 2. The Kier molecular flexibility index (Phi) is 4.29. The van der Waals surface area contributed by atoms with Gasteiger partial charge in [0.25, 0.3) is 5.91 Å². The van der Waals surface area contributed by atoms with Gasteiger partial charge in [0.15, 0.2) is 0 Å². The van der Waals surface area contributed by atoms with E-state index >= 15 is 0 Å². The van der Waals surface area contributed by atoms with Gasteiger partial charge in [0, 0.05) is 18.0 Å². The molecule has 1 atom stereocenters. The number of hydrogen-bond donors (Lipinski definition) is 1. The molecule has 0 saturated carbocycles. The molecular weight excluding hydrogens is 284 g/mol. The number of fused-ring (bicyclic) bond motifs is 1. The van der Waals surface area contributed by atoms with E-state index in [1.54, 1.807) is 16.2 Å². The fraction of sp³-hybridized carbons (Fsp3) is 0.625. The van der Waals surface area contributed by atoms with Crippen LogP contribution in [0.2, 0.25) is 0 Å². The van der Waals surface area contributed by atoms with Crippen LogP contribution in [0.1, 0.15) is 52.7 Å². The molecule has 0 bridgehead atoms. The van der Waals surface area contributed by atoms with Crippen LogP contribution in [0.5, 0.6) is 0 Å². The van der Waals surface area contributed by atoms with Gasteiger partial charge in [-0.3, -0.25) is 9.59 Å². The summed E-state index contributed by atoms with van der Waals surface area (Å²) in [4.78, 5) is 28.6. The van der Waals surface area contributed by atoms with Crippen molar-refractivity contribution in [3.05, 3.63) is 21.4 Å². The molecule has 21 heavy (non-hydrogen) atoms. The zero-order valence-corrected chi connectivity index (χ0v) is 13.3. The fourth-order valence-electron chi connectivity index (χ4n) is 3.28. The van der Waals surface area contributed by atoms with E-state index in [0.717, 1.165) is 17.7 Å². The average molecular weight is 306 g/mol. The highest BCUT2D eigenvalue weighted by molar-refractivity contribution is 7.14. The third kappa shape index (κ3) is 2.84. The molecule has 4 nitrogen and oxygen atoms in total. The van der Waals surface area contributed by atoms with Gasteiger partial charge in [0.2, 0.25) is 5.91 Å². The summed E-state index contributed by atoms with van der Waals surface area (Å²) in [6.07, 6.45) is 6.60. The van der Waals surface area contributed by atoms with Crippen molar-refractivity contribution in [1.82, 2.24) is 10.2 Å². The summed E-state index contributed by atoms with van der Waals surface area (Å²) < 4.78 is 0. The number of nitrogens with zero attached hydrogens (tertiary/aromatic N) is 1. The predicted octanol–water partition coefficient (Wildman–Crippen LogP) is 2.37. The smallest absolute Gasteiger partial charge is 0.264 e. The van der Waals surface area contributed by atoms with Crippen molar-refractivity contribution in [3.8, 4) is 0 Å². The molecule has 5 heteroatoms. The number of amides is 2. The lowest BCUT2D eigenvalue weighted by Gasteiger charge is -2.34. The van der Waals surface area contributed by atoms with E-state index in [0.29, 0.717) is 19.5 Å². The van der Waals surface area contributed by atoms with Gasteiger partial charge in [0.1, 0.15) is 6.04 Å². The van der Waals surface area contributed by atoms with Crippen LogP contribution in [0.25, 0.3) is 0 Å². The highest BCUT2D eigenvalue weighted by Crippen LogP contribution is 2.30. The maximum atomic E-state index is 12.8. The van der Waals surface area contributed by atoms with Gasteiger partial charge >= 0.3 is 0 Å². The van der Waals surface area contributed by atoms with Crippen molar-refractivity contribution in [2.24, 2.45) is 0 Å². The summed E-state index contributed by atoms with van der Waals surface area (Å²) in [6.45, 7) is 3.14. The second-order valence-corrected chi connectivity index (χ2v) is 6.97. The average Bonchev–Trinajstić information content (AvgIpc) is 2.77. The van der Waals surface area contributed by atoms with E-state index in [2.05, 4.69) is 11.4 Å². The Balaban J connectivity index is 1.82. The molecule has 1 fully saturated rings. The van der Waals surface area contributed by atoms with Crippen LogP contribution in [0, 0.1) is 0 Å². The first-order chi connectivity index (χ1) is 10.2. The van der Waals surface area contributed by atoms with E-state index in [-0.39, 0.29) is 17.9 Å². The molecule has 3 rings (SSSR count). The maximum Gasteiger partial charge on any atom is 0.264 e.